The maximum absolute atomic E-state index is 11.6. The number of hydrogen-bond acceptors (Lipinski definition) is 3. The van der Waals surface area contributed by atoms with Crippen LogP contribution in [0.15, 0.2) is 0 Å². The Labute approximate surface area is 79.8 Å². The third kappa shape index (κ3) is 2.69. The summed E-state index contributed by atoms with van der Waals surface area (Å²) >= 11 is 0. The van der Waals surface area contributed by atoms with Gasteiger partial charge in [0, 0.05) is 6.04 Å². The first-order chi connectivity index (χ1) is 6.12. The molecule has 76 valence electrons. The van der Waals surface area contributed by atoms with Gasteiger partial charge in [-0.05, 0) is 33.1 Å². The van der Waals surface area contributed by atoms with Gasteiger partial charge in [0.05, 0.1) is 6.61 Å². The van der Waals surface area contributed by atoms with Gasteiger partial charge in [0.1, 0.15) is 5.54 Å². The Morgan fingerprint density at radius 3 is 2.54 bits per heavy atom. The van der Waals surface area contributed by atoms with Crippen molar-refractivity contribution in [1.82, 2.24) is 5.32 Å². The van der Waals surface area contributed by atoms with E-state index in [2.05, 4.69) is 5.32 Å². The molecule has 1 unspecified atom stereocenters. The minimum atomic E-state index is -0.475. The average Bonchev–Trinajstić information content (AvgIpc) is 2.88. The van der Waals surface area contributed by atoms with E-state index >= 15 is 0 Å². The van der Waals surface area contributed by atoms with E-state index in [0.29, 0.717) is 12.6 Å². The van der Waals surface area contributed by atoms with E-state index in [9.17, 15) is 4.79 Å². The van der Waals surface area contributed by atoms with Crippen LogP contribution in [0.3, 0.4) is 0 Å². The van der Waals surface area contributed by atoms with Crippen molar-refractivity contribution in [1.29, 1.82) is 0 Å². The summed E-state index contributed by atoms with van der Waals surface area (Å²) in [5.74, 6) is -0.121. The molecule has 1 atom stereocenters. The number of hydrogen-bond donors (Lipinski definition) is 1. The Bertz CT molecular complexity index is 189. The summed E-state index contributed by atoms with van der Waals surface area (Å²) in [4.78, 5) is 11.6. The molecule has 0 saturated heterocycles. The lowest BCUT2D eigenvalue weighted by molar-refractivity contribution is -0.150. The van der Waals surface area contributed by atoms with Gasteiger partial charge in [-0.1, -0.05) is 6.92 Å². The van der Waals surface area contributed by atoms with Crippen LogP contribution in [0.2, 0.25) is 0 Å². The largest absolute Gasteiger partial charge is 0.465 e. The van der Waals surface area contributed by atoms with Crippen LogP contribution in [-0.4, -0.2) is 24.2 Å². The maximum atomic E-state index is 11.6. The van der Waals surface area contributed by atoms with E-state index in [-0.39, 0.29) is 5.97 Å². The molecule has 1 saturated carbocycles. The van der Waals surface area contributed by atoms with Gasteiger partial charge in [-0.15, -0.1) is 0 Å². The van der Waals surface area contributed by atoms with E-state index < -0.39 is 5.54 Å². The van der Waals surface area contributed by atoms with Gasteiger partial charge in [-0.2, -0.15) is 0 Å². The van der Waals surface area contributed by atoms with Crippen LogP contribution in [0.5, 0.6) is 0 Å². The van der Waals surface area contributed by atoms with Gasteiger partial charge in [0.15, 0.2) is 0 Å². The molecule has 3 nitrogen and oxygen atoms in total. The summed E-state index contributed by atoms with van der Waals surface area (Å²) in [6.07, 6.45) is 3.16. The molecular formula is C10H19NO2. The molecule has 0 radical (unpaired) electrons. The fourth-order valence-corrected chi connectivity index (χ4v) is 1.27. The van der Waals surface area contributed by atoms with Gasteiger partial charge in [-0.25, -0.2) is 0 Å². The van der Waals surface area contributed by atoms with Gasteiger partial charge in [-0.3, -0.25) is 10.1 Å². The minimum Gasteiger partial charge on any atom is -0.465 e. The van der Waals surface area contributed by atoms with E-state index in [1.165, 1.54) is 12.8 Å². The van der Waals surface area contributed by atoms with E-state index in [1.807, 2.05) is 20.8 Å². The van der Waals surface area contributed by atoms with Crippen molar-refractivity contribution in [2.45, 2.75) is 51.6 Å². The molecular weight excluding hydrogens is 166 g/mol. The second-order valence-corrected chi connectivity index (χ2v) is 3.82. The first kappa shape index (κ1) is 10.5. The summed E-state index contributed by atoms with van der Waals surface area (Å²) in [6.45, 7) is 6.22. The smallest absolute Gasteiger partial charge is 0.326 e. The van der Waals surface area contributed by atoms with Gasteiger partial charge >= 0.3 is 5.97 Å². The Balaban J connectivity index is 2.49. The number of carbonyl (C=O) groups excluding carboxylic acids is 1. The Kier molecular flexibility index (Phi) is 3.31. The van der Waals surface area contributed by atoms with Gasteiger partial charge in [0.25, 0.3) is 0 Å². The zero-order valence-electron chi connectivity index (χ0n) is 8.72. The average molecular weight is 185 g/mol. The van der Waals surface area contributed by atoms with Crippen molar-refractivity contribution >= 4 is 5.97 Å². The zero-order chi connectivity index (χ0) is 9.90. The topological polar surface area (TPSA) is 38.3 Å². The molecule has 1 N–H and O–H groups in total. The predicted molar refractivity (Wildman–Crippen MR) is 51.5 cm³/mol. The lowest BCUT2D eigenvalue weighted by Crippen LogP contribution is -2.51. The van der Waals surface area contributed by atoms with Gasteiger partial charge < -0.3 is 4.74 Å². The lowest BCUT2D eigenvalue weighted by atomic mass is 9.99. The predicted octanol–water partition coefficient (Wildman–Crippen LogP) is 1.47. The molecule has 0 amide bonds. The van der Waals surface area contributed by atoms with Crippen molar-refractivity contribution in [3.63, 3.8) is 0 Å². The highest BCUT2D eigenvalue weighted by atomic mass is 16.5. The standard InChI is InChI=1S/C10H19NO2/c1-4-10(3,9(12)13-5-2)11-8-6-7-8/h8,11H,4-7H2,1-3H3. The molecule has 0 heterocycles. The Morgan fingerprint density at radius 2 is 2.15 bits per heavy atom. The van der Waals surface area contributed by atoms with Crippen molar-refractivity contribution in [3.8, 4) is 0 Å². The van der Waals surface area contributed by atoms with E-state index in [0.717, 1.165) is 6.42 Å². The molecule has 1 rings (SSSR count). The quantitative estimate of drug-likeness (QED) is 0.659. The highest BCUT2D eigenvalue weighted by Crippen LogP contribution is 2.24. The fourth-order valence-electron chi connectivity index (χ4n) is 1.27. The first-order valence-electron chi connectivity index (χ1n) is 5.07. The number of ether oxygens (including phenoxy) is 1. The summed E-state index contributed by atoms with van der Waals surface area (Å²) in [7, 11) is 0. The second kappa shape index (κ2) is 4.09. The Hall–Kier alpha value is -0.570. The van der Waals surface area contributed by atoms with Crippen molar-refractivity contribution in [2.75, 3.05) is 6.61 Å². The fraction of sp³-hybridized carbons (Fsp3) is 0.900. The SMILES string of the molecule is CCOC(=O)C(C)(CC)NC1CC1. The van der Waals surface area contributed by atoms with Crippen LogP contribution in [0.25, 0.3) is 0 Å². The van der Waals surface area contributed by atoms with Crippen LogP contribution in [0.4, 0.5) is 0 Å². The van der Waals surface area contributed by atoms with Gasteiger partial charge in [0.2, 0.25) is 0 Å². The van der Waals surface area contributed by atoms with Crippen LogP contribution < -0.4 is 5.32 Å². The number of nitrogens with one attached hydrogen (secondary N) is 1. The summed E-state index contributed by atoms with van der Waals surface area (Å²) in [5.41, 5.74) is -0.475. The third-order valence-corrected chi connectivity index (χ3v) is 2.53. The summed E-state index contributed by atoms with van der Waals surface area (Å²) in [6, 6.07) is 0.536. The highest BCUT2D eigenvalue weighted by Gasteiger charge is 2.37. The molecule has 1 fully saturated rings. The van der Waals surface area contributed by atoms with Crippen molar-refractivity contribution < 1.29 is 9.53 Å². The molecule has 0 aromatic carbocycles. The molecule has 0 aromatic heterocycles. The highest BCUT2D eigenvalue weighted by molar-refractivity contribution is 5.80. The van der Waals surface area contributed by atoms with Crippen LogP contribution in [0, 0.1) is 0 Å². The molecule has 0 bridgehead atoms. The molecule has 3 heteroatoms. The normalized spacial score (nSPS) is 20.8. The van der Waals surface area contributed by atoms with E-state index in [4.69, 9.17) is 4.74 Å². The molecule has 0 aromatic rings. The Morgan fingerprint density at radius 1 is 1.54 bits per heavy atom. The number of rotatable bonds is 5. The molecule has 1 aliphatic rings. The van der Waals surface area contributed by atoms with Crippen LogP contribution in [0.1, 0.15) is 40.0 Å². The van der Waals surface area contributed by atoms with Crippen LogP contribution in [-0.2, 0) is 9.53 Å². The van der Waals surface area contributed by atoms with Crippen molar-refractivity contribution in [2.24, 2.45) is 0 Å². The lowest BCUT2D eigenvalue weighted by Gasteiger charge is -2.27. The maximum Gasteiger partial charge on any atom is 0.326 e. The molecule has 1 aliphatic carbocycles. The number of esters is 1. The van der Waals surface area contributed by atoms with Crippen LogP contribution >= 0.6 is 0 Å². The summed E-state index contributed by atoms with van der Waals surface area (Å²) in [5, 5.41) is 3.33. The zero-order valence-corrected chi connectivity index (χ0v) is 8.72. The molecule has 13 heavy (non-hydrogen) atoms. The van der Waals surface area contributed by atoms with E-state index in [1.54, 1.807) is 0 Å². The monoisotopic (exact) mass is 185 g/mol. The first-order valence-corrected chi connectivity index (χ1v) is 5.07. The second-order valence-electron chi connectivity index (χ2n) is 3.82. The number of carbonyl (C=O) groups is 1. The third-order valence-electron chi connectivity index (χ3n) is 2.53. The summed E-state index contributed by atoms with van der Waals surface area (Å²) < 4.78 is 5.03. The molecule has 0 aliphatic heterocycles. The van der Waals surface area contributed by atoms with Crippen molar-refractivity contribution in [3.05, 3.63) is 0 Å². The molecule has 0 spiro atoms. The minimum absolute atomic E-state index is 0.121.